The molecule has 0 aliphatic heterocycles. The zero-order valence-corrected chi connectivity index (χ0v) is 20.0. The Morgan fingerprint density at radius 2 is 1.76 bits per heavy atom. The van der Waals surface area contributed by atoms with Crippen LogP contribution in [0.15, 0.2) is 66.7 Å². The second kappa shape index (κ2) is 12.0. The van der Waals surface area contributed by atoms with E-state index < -0.39 is 5.97 Å². The van der Waals surface area contributed by atoms with Gasteiger partial charge in [-0.15, -0.1) is 0 Å². The summed E-state index contributed by atoms with van der Waals surface area (Å²) in [5.74, 6) is 0.479. The lowest BCUT2D eigenvalue weighted by Crippen LogP contribution is -2.18. The lowest BCUT2D eigenvalue weighted by molar-refractivity contribution is -0.136. The normalized spacial score (nSPS) is 11.6. The molecule has 0 spiro atoms. The maximum Gasteiger partial charge on any atom is 0.303 e. The lowest BCUT2D eigenvalue weighted by atomic mass is 9.99. The van der Waals surface area contributed by atoms with Crippen LogP contribution in [0.5, 0.6) is 11.5 Å². The molecule has 0 saturated carbocycles. The molecule has 0 radical (unpaired) electrons. The summed E-state index contributed by atoms with van der Waals surface area (Å²) in [6, 6.07) is 20.8. The number of aliphatic carboxylic acids is 1. The molecule has 5 heteroatoms. The average Bonchev–Trinajstić information content (AvgIpc) is 2.83. The Hall–Kier alpha value is -3.60. The molecule has 0 fully saturated rings. The number of hydrogen-bond acceptors (Lipinski definition) is 4. The van der Waals surface area contributed by atoms with Gasteiger partial charge in [-0.05, 0) is 67.6 Å². The summed E-state index contributed by atoms with van der Waals surface area (Å²) in [7, 11) is 0. The van der Waals surface area contributed by atoms with Gasteiger partial charge >= 0.3 is 5.97 Å². The Labute approximate surface area is 201 Å². The van der Waals surface area contributed by atoms with Crippen LogP contribution in [0.4, 0.5) is 0 Å². The third kappa shape index (κ3) is 6.95. The van der Waals surface area contributed by atoms with Gasteiger partial charge < -0.3 is 14.6 Å². The monoisotopic (exact) mass is 460 g/mol. The number of hydrogen-bond donors (Lipinski definition) is 1. The van der Waals surface area contributed by atoms with Crippen molar-refractivity contribution in [2.24, 2.45) is 0 Å². The molecule has 1 N–H and O–H groups in total. The first kappa shape index (κ1) is 25.0. The summed E-state index contributed by atoms with van der Waals surface area (Å²) in [6.07, 6.45) is 1.96. The largest absolute Gasteiger partial charge is 0.493 e. The van der Waals surface area contributed by atoms with Gasteiger partial charge in [0.05, 0.1) is 18.3 Å². The van der Waals surface area contributed by atoms with Gasteiger partial charge in [-0.25, -0.2) is 0 Å². The fourth-order valence-electron chi connectivity index (χ4n) is 3.72. The topological polar surface area (TPSA) is 72.8 Å². The van der Waals surface area contributed by atoms with E-state index in [0.29, 0.717) is 36.3 Å². The maximum absolute atomic E-state index is 13.1. The zero-order valence-electron chi connectivity index (χ0n) is 20.0. The van der Waals surface area contributed by atoms with Crippen molar-refractivity contribution in [3.63, 3.8) is 0 Å². The Bertz CT molecular complexity index is 1120. The molecule has 3 aromatic rings. The molecule has 1 unspecified atom stereocenters. The molecule has 178 valence electrons. The van der Waals surface area contributed by atoms with Crippen molar-refractivity contribution in [3.8, 4) is 11.5 Å². The summed E-state index contributed by atoms with van der Waals surface area (Å²) < 4.78 is 12.1. The SMILES string of the molecule is CCc1ccc(OC(C)CCOc2ccc(CCC(=O)O)c(C)c2)c(C(=O)c2ccccc2)c1. The molecule has 1 atom stereocenters. The quantitative estimate of drug-likeness (QED) is 0.334. The minimum atomic E-state index is -0.799. The van der Waals surface area contributed by atoms with E-state index in [2.05, 4.69) is 6.92 Å². The molecule has 5 nitrogen and oxygen atoms in total. The van der Waals surface area contributed by atoms with Gasteiger partial charge in [0.25, 0.3) is 0 Å². The van der Waals surface area contributed by atoms with Crippen molar-refractivity contribution < 1.29 is 24.2 Å². The maximum atomic E-state index is 13.1. The highest BCUT2D eigenvalue weighted by Crippen LogP contribution is 2.26. The Kier molecular flexibility index (Phi) is 8.86. The molecule has 0 heterocycles. The van der Waals surface area contributed by atoms with Gasteiger partial charge in [0, 0.05) is 18.4 Å². The predicted octanol–water partition coefficient (Wildman–Crippen LogP) is 6.04. The summed E-state index contributed by atoms with van der Waals surface area (Å²) in [6.45, 7) is 6.45. The number of ether oxygens (including phenoxy) is 2. The number of carboxylic acid groups (broad SMARTS) is 1. The third-order valence-corrected chi connectivity index (χ3v) is 5.78. The highest BCUT2D eigenvalue weighted by atomic mass is 16.5. The van der Waals surface area contributed by atoms with Gasteiger partial charge in [0.2, 0.25) is 0 Å². The summed E-state index contributed by atoms with van der Waals surface area (Å²) in [5.41, 5.74) is 4.33. The van der Waals surface area contributed by atoms with Crippen LogP contribution in [0.1, 0.15) is 59.3 Å². The fraction of sp³-hybridized carbons (Fsp3) is 0.310. The van der Waals surface area contributed by atoms with Crippen LogP contribution in [0, 0.1) is 6.92 Å². The highest BCUT2D eigenvalue weighted by Gasteiger charge is 2.17. The van der Waals surface area contributed by atoms with Crippen molar-refractivity contribution in [3.05, 3.63) is 94.5 Å². The van der Waals surface area contributed by atoms with E-state index in [9.17, 15) is 9.59 Å². The van der Waals surface area contributed by atoms with Crippen molar-refractivity contribution in [2.45, 2.75) is 52.6 Å². The fourth-order valence-corrected chi connectivity index (χ4v) is 3.72. The molecular formula is C29H32O5. The number of rotatable bonds is 12. The Morgan fingerprint density at radius 3 is 2.44 bits per heavy atom. The first-order valence-corrected chi connectivity index (χ1v) is 11.7. The second-order valence-electron chi connectivity index (χ2n) is 8.43. The number of carboxylic acids is 1. The number of aryl methyl sites for hydroxylation is 3. The molecule has 0 aliphatic rings. The summed E-state index contributed by atoms with van der Waals surface area (Å²) in [4.78, 5) is 23.9. The van der Waals surface area contributed by atoms with E-state index in [4.69, 9.17) is 14.6 Å². The number of ketones is 1. The van der Waals surface area contributed by atoms with Crippen LogP contribution < -0.4 is 9.47 Å². The van der Waals surface area contributed by atoms with Crippen LogP contribution in [0.2, 0.25) is 0 Å². The van der Waals surface area contributed by atoms with Crippen molar-refractivity contribution in [1.82, 2.24) is 0 Å². The van der Waals surface area contributed by atoms with E-state index in [1.165, 1.54) is 0 Å². The van der Waals surface area contributed by atoms with Crippen LogP contribution in [-0.4, -0.2) is 29.6 Å². The zero-order chi connectivity index (χ0) is 24.5. The van der Waals surface area contributed by atoms with Gasteiger partial charge in [0.15, 0.2) is 5.78 Å². The minimum Gasteiger partial charge on any atom is -0.493 e. The van der Waals surface area contributed by atoms with E-state index in [0.717, 1.165) is 28.9 Å². The molecular weight excluding hydrogens is 428 g/mol. The first-order valence-electron chi connectivity index (χ1n) is 11.7. The van der Waals surface area contributed by atoms with E-state index in [1.807, 2.05) is 80.6 Å². The van der Waals surface area contributed by atoms with E-state index in [-0.39, 0.29) is 18.3 Å². The van der Waals surface area contributed by atoms with E-state index >= 15 is 0 Å². The molecule has 3 aromatic carbocycles. The third-order valence-electron chi connectivity index (χ3n) is 5.78. The van der Waals surface area contributed by atoms with Gasteiger partial charge in [-0.2, -0.15) is 0 Å². The number of carbonyl (C=O) groups excluding carboxylic acids is 1. The van der Waals surface area contributed by atoms with Crippen LogP contribution in [-0.2, 0) is 17.6 Å². The van der Waals surface area contributed by atoms with Crippen molar-refractivity contribution >= 4 is 11.8 Å². The summed E-state index contributed by atoms with van der Waals surface area (Å²) >= 11 is 0. The lowest BCUT2D eigenvalue weighted by Gasteiger charge is -2.18. The molecule has 0 saturated heterocycles. The van der Waals surface area contributed by atoms with Crippen LogP contribution in [0.25, 0.3) is 0 Å². The molecule has 34 heavy (non-hydrogen) atoms. The second-order valence-corrected chi connectivity index (χ2v) is 8.43. The number of carbonyl (C=O) groups is 2. The standard InChI is InChI=1S/C29H32O5/c1-4-22-10-14-27(26(19-22)29(32)24-8-6-5-7-9-24)34-21(3)16-17-33-25-13-11-23(20(2)18-25)12-15-28(30)31/h5-11,13-14,18-19,21H,4,12,15-17H2,1-3H3,(H,30,31). The first-order chi connectivity index (χ1) is 16.4. The van der Waals surface area contributed by atoms with Crippen LogP contribution in [0.3, 0.4) is 0 Å². The van der Waals surface area contributed by atoms with E-state index in [1.54, 1.807) is 0 Å². The predicted molar refractivity (Wildman–Crippen MR) is 133 cm³/mol. The molecule has 3 rings (SSSR count). The summed E-state index contributed by atoms with van der Waals surface area (Å²) in [5, 5.41) is 8.87. The smallest absolute Gasteiger partial charge is 0.303 e. The molecule has 0 bridgehead atoms. The molecule has 0 aliphatic carbocycles. The Morgan fingerprint density at radius 1 is 1.00 bits per heavy atom. The van der Waals surface area contributed by atoms with Crippen molar-refractivity contribution in [1.29, 1.82) is 0 Å². The van der Waals surface area contributed by atoms with Crippen molar-refractivity contribution in [2.75, 3.05) is 6.61 Å². The highest BCUT2D eigenvalue weighted by molar-refractivity contribution is 6.10. The molecule has 0 amide bonds. The average molecular weight is 461 g/mol. The van der Waals surface area contributed by atoms with Gasteiger partial charge in [0.1, 0.15) is 11.5 Å². The van der Waals surface area contributed by atoms with Gasteiger partial charge in [-0.1, -0.05) is 49.4 Å². The van der Waals surface area contributed by atoms with Crippen LogP contribution >= 0.6 is 0 Å². The number of benzene rings is 3. The molecule has 0 aromatic heterocycles. The minimum absolute atomic E-state index is 0.0483. The van der Waals surface area contributed by atoms with Gasteiger partial charge in [-0.3, -0.25) is 9.59 Å². The Balaban J connectivity index is 1.61.